The van der Waals surface area contributed by atoms with Crippen LogP contribution in [-0.4, -0.2) is 34.0 Å². The summed E-state index contributed by atoms with van der Waals surface area (Å²) >= 11 is 0. The van der Waals surface area contributed by atoms with E-state index in [2.05, 4.69) is 15.3 Å². The van der Waals surface area contributed by atoms with E-state index in [1.54, 1.807) is 0 Å². The van der Waals surface area contributed by atoms with E-state index < -0.39 is 0 Å². The molecule has 0 aromatic carbocycles. The van der Waals surface area contributed by atoms with Crippen molar-refractivity contribution in [2.45, 2.75) is 45.6 Å². The Bertz CT molecular complexity index is 474. The van der Waals surface area contributed by atoms with Gasteiger partial charge in [0.15, 0.2) is 0 Å². The minimum Gasteiger partial charge on any atom is -0.364 e. The lowest BCUT2D eigenvalue weighted by molar-refractivity contribution is -0.383. The summed E-state index contributed by atoms with van der Waals surface area (Å²) in [5, 5.41) is 14.4. The molecule has 0 atom stereocenters. The molecule has 0 aliphatic heterocycles. The van der Waals surface area contributed by atoms with Gasteiger partial charge in [0.1, 0.15) is 6.33 Å². The zero-order valence-electron chi connectivity index (χ0n) is 12.0. The molecule has 1 N–H and O–H groups in total. The molecule has 1 fully saturated rings. The first-order chi connectivity index (χ1) is 9.69. The van der Waals surface area contributed by atoms with Gasteiger partial charge in [-0.25, -0.2) is 9.97 Å². The minimum absolute atomic E-state index is 0.0110. The lowest BCUT2D eigenvalue weighted by Crippen LogP contribution is -2.34. The number of rotatable bonds is 6. The predicted molar refractivity (Wildman–Crippen MR) is 78.1 cm³/mol. The Kier molecular flexibility index (Phi) is 4.70. The third kappa shape index (κ3) is 2.81. The van der Waals surface area contributed by atoms with Crippen LogP contribution in [0.4, 0.5) is 17.3 Å². The maximum Gasteiger partial charge on any atom is 0.353 e. The predicted octanol–water partition coefficient (Wildman–Crippen LogP) is 2.59. The van der Waals surface area contributed by atoms with Crippen molar-refractivity contribution in [1.29, 1.82) is 0 Å². The van der Waals surface area contributed by atoms with Crippen LogP contribution in [0, 0.1) is 10.1 Å². The van der Waals surface area contributed by atoms with Gasteiger partial charge in [0.2, 0.25) is 11.6 Å². The highest BCUT2D eigenvalue weighted by atomic mass is 16.6. The van der Waals surface area contributed by atoms with Crippen LogP contribution in [0.2, 0.25) is 0 Å². The second-order valence-corrected chi connectivity index (χ2v) is 4.91. The van der Waals surface area contributed by atoms with Crippen LogP contribution in [0.1, 0.15) is 39.5 Å². The van der Waals surface area contributed by atoms with Gasteiger partial charge in [0.05, 0.1) is 4.92 Å². The van der Waals surface area contributed by atoms with Gasteiger partial charge in [-0.15, -0.1) is 0 Å². The van der Waals surface area contributed by atoms with E-state index in [0.717, 1.165) is 12.8 Å². The Labute approximate surface area is 118 Å². The van der Waals surface area contributed by atoms with Crippen molar-refractivity contribution in [1.82, 2.24) is 9.97 Å². The first kappa shape index (κ1) is 14.5. The molecule has 0 amide bonds. The number of hydrogen-bond acceptors (Lipinski definition) is 6. The third-order valence-corrected chi connectivity index (χ3v) is 3.71. The summed E-state index contributed by atoms with van der Waals surface area (Å²) in [7, 11) is 0. The van der Waals surface area contributed by atoms with E-state index in [1.807, 2.05) is 18.7 Å². The molecular formula is C13H21N5O2. The zero-order valence-corrected chi connectivity index (χ0v) is 12.0. The molecule has 20 heavy (non-hydrogen) atoms. The second kappa shape index (κ2) is 6.49. The molecule has 1 aliphatic carbocycles. The second-order valence-electron chi connectivity index (χ2n) is 4.91. The fourth-order valence-electron chi connectivity index (χ4n) is 2.84. The third-order valence-electron chi connectivity index (χ3n) is 3.71. The smallest absolute Gasteiger partial charge is 0.353 e. The Morgan fingerprint density at radius 2 is 2.10 bits per heavy atom. The molecule has 0 bridgehead atoms. The zero-order chi connectivity index (χ0) is 14.5. The van der Waals surface area contributed by atoms with Crippen molar-refractivity contribution in [2.24, 2.45) is 0 Å². The topological polar surface area (TPSA) is 84.2 Å². The van der Waals surface area contributed by atoms with Gasteiger partial charge in [-0.05, 0) is 26.7 Å². The normalized spacial score (nSPS) is 15.3. The molecule has 0 unspecified atom stereocenters. The SMILES string of the molecule is CCNc1ncnc(N(CC)C2CCCC2)c1[N+](=O)[O-]. The molecule has 7 nitrogen and oxygen atoms in total. The monoisotopic (exact) mass is 279 g/mol. The van der Waals surface area contributed by atoms with Crippen molar-refractivity contribution in [3.8, 4) is 0 Å². The van der Waals surface area contributed by atoms with E-state index in [1.165, 1.54) is 19.2 Å². The molecule has 0 spiro atoms. The molecule has 1 aliphatic rings. The lowest BCUT2D eigenvalue weighted by Gasteiger charge is -2.28. The highest BCUT2D eigenvalue weighted by Gasteiger charge is 2.31. The van der Waals surface area contributed by atoms with Crippen LogP contribution in [-0.2, 0) is 0 Å². The Morgan fingerprint density at radius 1 is 1.40 bits per heavy atom. The minimum atomic E-state index is -0.384. The van der Waals surface area contributed by atoms with Crippen LogP contribution in [0.5, 0.6) is 0 Å². The Hall–Kier alpha value is -1.92. The largest absolute Gasteiger partial charge is 0.364 e. The van der Waals surface area contributed by atoms with Crippen molar-refractivity contribution < 1.29 is 4.92 Å². The number of anilines is 2. The fraction of sp³-hybridized carbons (Fsp3) is 0.692. The summed E-state index contributed by atoms with van der Waals surface area (Å²) in [5.41, 5.74) is -0.0110. The number of nitrogens with zero attached hydrogens (tertiary/aromatic N) is 4. The highest BCUT2D eigenvalue weighted by molar-refractivity contribution is 5.70. The molecule has 1 aromatic heterocycles. The van der Waals surface area contributed by atoms with Crippen molar-refractivity contribution >= 4 is 17.3 Å². The first-order valence-electron chi connectivity index (χ1n) is 7.18. The van der Waals surface area contributed by atoms with Crippen LogP contribution >= 0.6 is 0 Å². The van der Waals surface area contributed by atoms with Crippen LogP contribution in [0.15, 0.2) is 6.33 Å². The Morgan fingerprint density at radius 3 is 2.65 bits per heavy atom. The molecule has 7 heteroatoms. The number of hydrogen-bond donors (Lipinski definition) is 1. The van der Waals surface area contributed by atoms with E-state index in [4.69, 9.17) is 0 Å². The van der Waals surface area contributed by atoms with Crippen molar-refractivity contribution in [3.63, 3.8) is 0 Å². The quantitative estimate of drug-likeness (QED) is 0.636. The summed E-state index contributed by atoms with van der Waals surface area (Å²) in [6.07, 6.45) is 5.91. The number of nitrogens with one attached hydrogen (secondary N) is 1. The molecule has 2 rings (SSSR count). The first-order valence-corrected chi connectivity index (χ1v) is 7.18. The maximum absolute atomic E-state index is 11.4. The summed E-state index contributed by atoms with van der Waals surface area (Å²) in [6.45, 7) is 5.21. The molecule has 0 saturated heterocycles. The molecule has 1 heterocycles. The molecule has 1 aromatic rings. The van der Waals surface area contributed by atoms with Gasteiger partial charge in [-0.2, -0.15) is 0 Å². The highest BCUT2D eigenvalue weighted by Crippen LogP contribution is 2.35. The summed E-state index contributed by atoms with van der Waals surface area (Å²) < 4.78 is 0. The van der Waals surface area contributed by atoms with E-state index in [-0.39, 0.29) is 10.6 Å². The van der Waals surface area contributed by atoms with Gasteiger partial charge in [0, 0.05) is 19.1 Å². The average Bonchev–Trinajstić information content (AvgIpc) is 2.94. The van der Waals surface area contributed by atoms with Gasteiger partial charge in [-0.1, -0.05) is 12.8 Å². The molecule has 110 valence electrons. The molecular weight excluding hydrogens is 258 g/mol. The number of aromatic nitrogens is 2. The lowest BCUT2D eigenvalue weighted by atomic mass is 10.2. The summed E-state index contributed by atoms with van der Waals surface area (Å²) in [4.78, 5) is 21.3. The van der Waals surface area contributed by atoms with Gasteiger partial charge < -0.3 is 10.2 Å². The summed E-state index contributed by atoms with van der Waals surface area (Å²) in [5.74, 6) is 0.745. The van der Waals surface area contributed by atoms with Crippen LogP contribution in [0.3, 0.4) is 0 Å². The van der Waals surface area contributed by atoms with E-state index in [9.17, 15) is 10.1 Å². The Balaban J connectivity index is 2.42. The van der Waals surface area contributed by atoms with Crippen molar-refractivity contribution in [3.05, 3.63) is 16.4 Å². The van der Waals surface area contributed by atoms with Crippen molar-refractivity contribution in [2.75, 3.05) is 23.3 Å². The molecule has 1 saturated carbocycles. The summed E-state index contributed by atoms with van der Waals surface area (Å²) in [6, 6.07) is 0.350. The van der Waals surface area contributed by atoms with Crippen LogP contribution in [0.25, 0.3) is 0 Å². The van der Waals surface area contributed by atoms with E-state index >= 15 is 0 Å². The van der Waals surface area contributed by atoms with Gasteiger partial charge in [0.25, 0.3) is 0 Å². The standard InChI is InChI=1S/C13H21N5O2/c1-3-14-12-11(18(19)20)13(16-9-15-12)17(4-2)10-7-5-6-8-10/h9-10H,3-8H2,1-2H3,(H,14,15,16). The molecule has 0 radical (unpaired) electrons. The van der Waals surface area contributed by atoms with E-state index in [0.29, 0.717) is 30.8 Å². The van der Waals surface area contributed by atoms with Gasteiger partial charge >= 0.3 is 5.69 Å². The van der Waals surface area contributed by atoms with Gasteiger partial charge in [-0.3, -0.25) is 10.1 Å². The average molecular weight is 279 g/mol. The maximum atomic E-state index is 11.4. The number of nitro groups is 1. The van der Waals surface area contributed by atoms with Crippen LogP contribution < -0.4 is 10.2 Å². The fourth-order valence-corrected chi connectivity index (χ4v) is 2.84.